The number of nitrogens with zero attached hydrogens (tertiary/aromatic N) is 2. The highest BCUT2D eigenvalue weighted by atomic mass is 79.9. The standard InChI is InChI=1S/C27H23ClN2O2S.BrH/c1-3-32-21-14-12-20(13-15-21)25(31)17-33-27-26(22-6-4-5-7-23(22)28)29-16-24(30-27)19-10-8-18(2)9-11-19;/h4-16H,3,17H2,1-2H3;1H. The lowest BCUT2D eigenvalue weighted by molar-refractivity contribution is 0.102. The molecule has 0 spiro atoms. The first-order valence-electron chi connectivity index (χ1n) is 10.6. The van der Waals surface area contributed by atoms with Crippen molar-refractivity contribution in [1.29, 1.82) is 0 Å². The number of carbonyl (C=O) groups is 1. The van der Waals surface area contributed by atoms with Crippen LogP contribution in [0.4, 0.5) is 0 Å². The molecule has 4 rings (SSSR count). The fraction of sp³-hybridized carbons (Fsp3) is 0.148. The number of Topliss-reactive ketones (excluding diaryl/α,β-unsaturated/α-hetero) is 1. The maximum absolute atomic E-state index is 12.9. The molecule has 0 fully saturated rings. The van der Waals surface area contributed by atoms with Crippen LogP contribution in [-0.2, 0) is 0 Å². The van der Waals surface area contributed by atoms with Crippen molar-refractivity contribution in [2.24, 2.45) is 0 Å². The summed E-state index contributed by atoms with van der Waals surface area (Å²) in [4.78, 5) is 22.4. The summed E-state index contributed by atoms with van der Waals surface area (Å²) in [5, 5.41) is 1.26. The van der Waals surface area contributed by atoms with E-state index < -0.39 is 0 Å². The normalized spacial score (nSPS) is 10.4. The van der Waals surface area contributed by atoms with Gasteiger partial charge in [-0.1, -0.05) is 71.4 Å². The Labute approximate surface area is 219 Å². The van der Waals surface area contributed by atoms with E-state index in [2.05, 4.69) is 0 Å². The first-order chi connectivity index (χ1) is 16.0. The Hall–Kier alpha value is -2.67. The van der Waals surface area contributed by atoms with E-state index in [1.165, 1.54) is 17.3 Å². The van der Waals surface area contributed by atoms with Crippen LogP contribution in [0.5, 0.6) is 5.75 Å². The van der Waals surface area contributed by atoms with Crippen LogP contribution in [0, 0.1) is 6.92 Å². The van der Waals surface area contributed by atoms with Crippen molar-refractivity contribution in [2.75, 3.05) is 12.4 Å². The third-order valence-electron chi connectivity index (χ3n) is 5.04. The molecule has 0 N–H and O–H groups in total. The van der Waals surface area contributed by atoms with Crippen LogP contribution in [-0.4, -0.2) is 28.1 Å². The first-order valence-corrected chi connectivity index (χ1v) is 12.0. The van der Waals surface area contributed by atoms with E-state index in [0.29, 0.717) is 27.9 Å². The summed E-state index contributed by atoms with van der Waals surface area (Å²) in [6, 6.07) is 22.9. The predicted molar refractivity (Wildman–Crippen MR) is 146 cm³/mol. The second kappa shape index (κ2) is 12.2. The molecule has 1 heterocycles. The summed E-state index contributed by atoms with van der Waals surface area (Å²) in [5.74, 6) is 0.993. The number of ether oxygens (including phenoxy) is 1. The van der Waals surface area contributed by atoms with Crippen molar-refractivity contribution in [3.05, 3.63) is 95.1 Å². The lowest BCUT2D eigenvalue weighted by Gasteiger charge is -2.11. The minimum atomic E-state index is 0. The van der Waals surface area contributed by atoms with Gasteiger partial charge < -0.3 is 4.74 Å². The van der Waals surface area contributed by atoms with E-state index in [1.807, 2.05) is 74.5 Å². The molecule has 4 nitrogen and oxygen atoms in total. The van der Waals surface area contributed by atoms with Crippen LogP contribution >= 0.6 is 40.3 Å². The highest BCUT2D eigenvalue weighted by molar-refractivity contribution is 8.93. The molecule has 0 bridgehead atoms. The molecule has 174 valence electrons. The molecule has 0 aliphatic carbocycles. The highest BCUT2D eigenvalue weighted by Crippen LogP contribution is 2.34. The zero-order valence-corrected chi connectivity index (χ0v) is 22.1. The Bertz CT molecular complexity index is 1260. The maximum Gasteiger partial charge on any atom is 0.173 e. The summed E-state index contributed by atoms with van der Waals surface area (Å²) >= 11 is 7.82. The Morgan fingerprint density at radius 2 is 1.71 bits per heavy atom. The molecular weight excluding hydrogens is 532 g/mol. The molecule has 7 heteroatoms. The van der Waals surface area contributed by atoms with Gasteiger partial charge in [0.05, 0.1) is 29.3 Å². The molecule has 0 aliphatic heterocycles. The molecule has 34 heavy (non-hydrogen) atoms. The summed E-state index contributed by atoms with van der Waals surface area (Å²) in [6.45, 7) is 4.56. The van der Waals surface area contributed by atoms with Gasteiger partial charge in [0.25, 0.3) is 0 Å². The first kappa shape index (κ1) is 25.9. The van der Waals surface area contributed by atoms with Gasteiger partial charge in [0.2, 0.25) is 0 Å². The third kappa shape index (κ3) is 6.26. The van der Waals surface area contributed by atoms with E-state index in [1.54, 1.807) is 18.3 Å². The Morgan fingerprint density at radius 3 is 2.38 bits per heavy atom. The zero-order chi connectivity index (χ0) is 23.2. The van der Waals surface area contributed by atoms with Gasteiger partial charge in [-0.25, -0.2) is 4.98 Å². The van der Waals surface area contributed by atoms with Crippen LogP contribution in [0.1, 0.15) is 22.8 Å². The molecule has 3 aromatic carbocycles. The summed E-state index contributed by atoms with van der Waals surface area (Å²) < 4.78 is 5.46. The highest BCUT2D eigenvalue weighted by Gasteiger charge is 2.16. The fourth-order valence-corrected chi connectivity index (χ4v) is 4.42. The molecule has 0 saturated heterocycles. The van der Waals surface area contributed by atoms with Crippen LogP contribution in [0.2, 0.25) is 5.02 Å². The average molecular weight is 556 g/mol. The Morgan fingerprint density at radius 1 is 1.00 bits per heavy atom. The summed E-state index contributed by atoms with van der Waals surface area (Å²) in [7, 11) is 0. The number of aryl methyl sites for hydroxylation is 1. The van der Waals surface area contributed by atoms with Gasteiger partial charge in [-0.15, -0.1) is 17.0 Å². The van der Waals surface area contributed by atoms with Crippen molar-refractivity contribution in [3.63, 3.8) is 0 Å². The smallest absolute Gasteiger partial charge is 0.173 e. The molecule has 0 amide bonds. The van der Waals surface area contributed by atoms with Crippen molar-refractivity contribution >= 4 is 46.1 Å². The van der Waals surface area contributed by atoms with Crippen LogP contribution < -0.4 is 4.74 Å². The molecule has 0 aliphatic rings. The molecular formula is C27H24BrClN2O2S. The zero-order valence-electron chi connectivity index (χ0n) is 18.8. The molecule has 1 aromatic heterocycles. The number of halogens is 2. The number of benzene rings is 3. The second-order valence-corrected chi connectivity index (χ2v) is 8.80. The van der Waals surface area contributed by atoms with E-state index in [4.69, 9.17) is 26.3 Å². The van der Waals surface area contributed by atoms with Crippen molar-refractivity contribution < 1.29 is 9.53 Å². The van der Waals surface area contributed by atoms with Crippen LogP contribution in [0.3, 0.4) is 0 Å². The Balaban J connectivity index is 0.00000324. The molecule has 0 radical (unpaired) electrons. The maximum atomic E-state index is 12.9. The minimum absolute atomic E-state index is 0. The summed E-state index contributed by atoms with van der Waals surface area (Å²) in [6.07, 6.45) is 1.75. The number of rotatable bonds is 8. The van der Waals surface area contributed by atoms with Crippen LogP contribution in [0.15, 0.2) is 84.0 Å². The fourth-order valence-electron chi connectivity index (χ4n) is 3.30. The van der Waals surface area contributed by atoms with E-state index in [0.717, 1.165) is 22.6 Å². The quantitative estimate of drug-likeness (QED) is 0.164. The third-order valence-corrected chi connectivity index (χ3v) is 6.34. The largest absolute Gasteiger partial charge is 0.494 e. The van der Waals surface area contributed by atoms with Gasteiger partial charge >= 0.3 is 0 Å². The molecule has 0 saturated carbocycles. The van der Waals surface area contributed by atoms with E-state index in [-0.39, 0.29) is 28.5 Å². The topological polar surface area (TPSA) is 52.1 Å². The number of carbonyl (C=O) groups excluding carboxylic acids is 1. The summed E-state index contributed by atoms with van der Waals surface area (Å²) in [5.41, 5.74) is 4.99. The number of aromatic nitrogens is 2. The van der Waals surface area contributed by atoms with Gasteiger partial charge in [-0.3, -0.25) is 9.78 Å². The molecule has 0 atom stereocenters. The lowest BCUT2D eigenvalue weighted by Crippen LogP contribution is -2.04. The Kier molecular flexibility index (Phi) is 9.28. The predicted octanol–water partition coefficient (Wildman–Crippen LogP) is 7.72. The minimum Gasteiger partial charge on any atom is -0.494 e. The number of thioether (sulfide) groups is 1. The van der Waals surface area contributed by atoms with E-state index in [9.17, 15) is 4.79 Å². The second-order valence-electron chi connectivity index (χ2n) is 7.42. The van der Waals surface area contributed by atoms with Gasteiger partial charge in [-0.2, -0.15) is 0 Å². The SMILES string of the molecule is Br.CCOc1ccc(C(=O)CSc2nc(-c3ccc(C)cc3)cnc2-c2ccccc2Cl)cc1. The number of hydrogen-bond acceptors (Lipinski definition) is 5. The van der Waals surface area contributed by atoms with E-state index >= 15 is 0 Å². The van der Waals surface area contributed by atoms with Crippen molar-refractivity contribution in [2.45, 2.75) is 18.9 Å². The number of hydrogen-bond donors (Lipinski definition) is 0. The van der Waals surface area contributed by atoms with Crippen molar-refractivity contribution in [1.82, 2.24) is 9.97 Å². The van der Waals surface area contributed by atoms with Crippen molar-refractivity contribution in [3.8, 4) is 28.3 Å². The average Bonchev–Trinajstić information content (AvgIpc) is 2.84. The number of ketones is 1. The van der Waals surface area contributed by atoms with Gasteiger partial charge in [-0.05, 0) is 44.2 Å². The van der Waals surface area contributed by atoms with Gasteiger partial charge in [0, 0.05) is 16.7 Å². The van der Waals surface area contributed by atoms with Gasteiger partial charge in [0.15, 0.2) is 5.78 Å². The van der Waals surface area contributed by atoms with Gasteiger partial charge in [0.1, 0.15) is 16.5 Å². The molecule has 0 unspecified atom stereocenters. The molecule has 4 aromatic rings. The van der Waals surface area contributed by atoms with Crippen LogP contribution in [0.25, 0.3) is 22.5 Å². The monoisotopic (exact) mass is 554 g/mol. The lowest BCUT2D eigenvalue weighted by atomic mass is 10.1.